The number of hydrogen-bond acceptors (Lipinski definition) is 5. The molecule has 21 heavy (non-hydrogen) atoms. The summed E-state index contributed by atoms with van der Waals surface area (Å²) in [7, 11) is 1.51. The van der Waals surface area contributed by atoms with Crippen LogP contribution in [0.5, 0.6) is 5.88 Å². The highest BCUT2D eigenvalue weighted by Crippen LogP contribution is 2.45. The molecule has 0 aliphatic heterocycles. The number of pyridine rings is 1. The minimum atomic E-state index is -0.533. The van der Waals surface area contributed by atoms with Crippen LogP contribution in [0.4, 0.5) is 0 Å². The Balaban J connectivity index is 2.29. The van der Waals surface area contributed by atoms with Gasteiger partial charge in [0.2, 0.25) is 5.88 Å². The van der Waals surface area contributed by atoms with Gasteiger partial charge in [-0.05, 0) is 31.2 Å². The first kappa shape index (κ1) is 13.4. The predicted octanol–water partition coefficient (Wildman–Crippen LogP) is 2.50. The van der Waals surface area contributed by atoms with E-state index in [-0.39, 0.29) is 12.3 Å². The Morgan fingerprint density at radius 2 is 2.33 bits per heavy atom. The molecule has 6 nitrogen and oxygen atoms in total. The molecule has 2 heterocycles. The van der Waals surface area contributed by atoms with Gasteiger partial charge in [-0.1, -0.05) is 0 Å². The van der Waals surface area contributed by atoms with E-state index in [2.05, 4.69) is 16.0 Å². The average molecular weight is 285 g/mol. The van der Waals surface area contributed by atoms with Crippen molar-refractivity contribution in [3.05, 3.63) is 23.0 Å². The molecule has 0 unspecified atom stereocenters. The van der Waals surface area contributed by atoms with Gasteiger partial charge in [-0.25, -0.2) is 9.78 Å². The molecular formula is C15H15N3O3. The molecule has 0 radical (unpaired) electrons. The number of hydrogen-bond donors (Lipinski definition) is 1. The number of ether oxygens (including phenoxy) is 2. The average Bonchev–Trinajstić information content (AvgIpc) is 3.25. The zero-order valence-corrected chi connectivity index (χ0v) is 11.9. The van der Waals surface area contributed by atoms with E-state index in [1.807, 2.05) is 0 Å². The highest BCUT2D eigenvalue weighted by Gasteiger charge is 2.31. The normalized spacial score (nSPS) is 14.0. The van der Waals surface area contributed by atoms with Gasteiger partial charge in [-0.2, -0.15) is 5.26 Å². The molecule has 1 fully saturated rings. The van der Waals surface area contributed by atoms with Gasteiger partial charge in [0.05, 0.1) is 19.3 Å². The van der Waals surface area contributed by atoms with E-state index in [1.54, 1.807) is 13.1 Å². The van der Waals surface area contributed by atoms with Crippen LogP contribution in [0.25, 0.3) is 10.9 Å². The smallest absolute Gasteiger partial charge is 0.356 e. The van der Waals surface area contributed by atoms with Crippen LogP contribution in [0.3, 0.4) is 0 Å². The first-order valence-electron chi connectivity index (χ1n) is 6.87. The van der Waals surface area contributed by atoms with Gasteiger partial charge in [0.15, 0.2) is 0 Å². The maximum Gasteiger partial charge on any atom is 0.356 e. The number of rotatable bonds is 4. The van der Waals surface area contributed by atoms with Crippen molar-refractivity contribution in [2.75, 3.05) is 13.7 Å². The van der Waals surface area contributed by atoms with Gasteiger partial charge in [-0.15, -0.1) is 0 Å². The van der Waals surface area contributed by atoms with Gasteiger partial charge >= 0.3 is 5.97 Å². The number of carbonyl (C=O) groups excluding carboxylic acids is 1. The number of methoxy groups -OCH3 is 1. The number of nitrogens with one attached hydrogen (secondary N) is 1. The van der Waals surface area contributed by atoms with Gasteiger partial charge < -0.3 is 14.5 Å². The molecule has 0 amide bonds. The maximum absolute atomic E-state index is 12.0. The first-order valence-corrected chi connectivity index (χ1v) is 6.87. The van der Waals surface area contributed by atoms with Gasteiger partial charge in [0.25, 0.3) is 0 Å². The summed E-state index contributed by atoms with van der Waals surface area (Å²) in [4.78, 5) is 19.2. The minimum Gasteiger partial charge on any atom is -0.479 e. The standard InChI is InChI=1S/C15H15N3O3/c1-3-21-15(19)12-9(6-16)11-10(8-4-5-8)7-17-14(20-2)13(11)18-12/h7-8,18H,3-5H2,1-2H3. The largest absolute Gasteiger partial charge is 0.479 e. The lowest BCUT2D eigenvalue weighted by atomic mass is 10.0. The summed E-state index contributed by atoms with van der Waals surface area (Å²) in [5, 5.41) is 10.2. The van der Waals surface area contributed by atoms with Crippen molar-refractivity contribution in [3.8, 4) is 11.9 Å². The number of H-pyrrole nitrogens is 1. The van der Waals surface area contributed by atoms with Crippen molar-refractivity contribution < 1.29 is 14.3 Å². The fourth-order valence-electron chi connectivity index (χ4n) is 2.53. The lowest BCUT2D eigenvalue weighted by molar-refractivity contribution is 0.0520. The molecule has 0 aromatic carbocycles. The Morgan fingerprint density at radius 3 is 2.90 bits per heavy atom. The molecule has 0 spiro atoms. The van der Waals surface area contributed by atoms with Crippen LogP contribution < -0.4 is 4.74 Å². The number of aromatic amines is 1. The summed E-state index contributed by atoms with van der Waals surface area (Å²) >= 11 is 0. The summed E-state index contributed by atoms with van der Waals surface area (Å²) in [5.74, 6) is 0.249. The van der Waals surface area contributed by atoms with Gasteiger partial charge in [0.1, 0.15) is 17.3 Å². The van der Waals surface area contributed by atoms with Crippen molar-refractivity contribution in [1.82, 2.24) is 9.97 Å². The second-order valence-corrected chi connectivity index (χ2v) is 4.95. The Kier molecular flexibility index (Phi) is 3.26. The van der Waals surface area contributed by atoms with Gasteiger partial charge in [0, 0.05) is 11.6 Å². The van der Waals surface area contributed by atoms with E-state index in [0.29, 0.717) is 22.9 Å². The molecule has 0 atom stereocenters. The van der Waals surface area contributed by atoms with E-state index < -0.39 is 5.97 Å². The van der Waals surface area contributed by atoms with E-state index in [9.17, 15) is 10.1 Å². The molecule has 6 heteroatoms. The number of carbonyl (C=O) groups is 1. The van der Waals surface area contributed by atoms with E-state index in [0.717, 1.165) is 23.8 Å². The second-order valence-electron chi connectivity index (χ2n) is 4.95. The van der Waals surface area contributed by atoms with Crippen molar-refractivity contribution in [1.29, 1.82) is 5.26 Å². The number of nitriles is 1. The summed E-state index contributed by atoms with van der Waals surface area (Å²) in [6.45, 7) is 1.98. The first-order chi connectivity index (χ1) is 10.2. The molecule has 1 saturated carbocycles. The van der Waals surface area contributed by atoms with Crippen LogP contribution in [-0.2, 0) is 4.74 Å². The summed E-state index contributed by atoms with van der Waals surface area (Å²) in [5.41, 5.74) is 2.06. The fraction of sp³-hybridized carbons (Fsp3) is 0.400. The third-order valence-corrected chi connectivity index (χ3v) is 3.63. The SMILES string of the molecule is CCOC(=O)c1[nH]c2c(OC)ncc(C3CC3)c2c1C#N. The van der Waals surface area contributed by atoms with Gasteiger partial charge in [-0.3, -0.25) is 0 Å². The molecule has 3 rings (SSSR count). The lowest BCUT2D eigenvalue weighted by Gasteiger charge is -2.04. The number of esters is 1. The monoisotopic (exact) mass is 285 g/mol. The second kappa shape index (κ2) is 5.09. The Morgan fingerprint density at radius 1 is 1.57 bits per heavy atom. The molecule has 2 aromatic heterocycles. The summed E-state index contributed by atoms with van der Waals surface area (Å²) in [6, 6.07) is 2.12. The molecule has 0 bridgehead atoms. The Labute approximate surface area is 121 Å². The summed E-state index contributed by atoms with van der Waals surface area (Å²) in [6.07, 6.45) is 3.89. The van der Waals surface area contributed by atoms with E-state index >= 15 is 0 Å². The number of nitrogens with zero attached hydrogens (tertiary/aromatic N) is 2. The van der Waals surface area contributed by atoms with Crippen molar-refractivity contribution in [2.45, 2.75) is 25.7 Å². The molecule has 0 saturated heterocycles. The molecule has 1 aliphatic carbocycles. The Hall–Kier alpha value is -2.55. The van der Waals surface area contributed by atoms with Crippen LogP contribution in [0.2, 0.25) is 0 Å². The molecule has 1 N–H and O–H groups in total. The van der Waals surface area contributed by atoms with E-state index in [4.69, 9.17) is 9.47 Å². The third-order valence-electron chi connectivity index (χ3n) is 3.63. The maximum atomic E-state index is 12.0. The van der Waals surface area contributed by atoms with Crippen LogP contribution in [-0.4, -0.2) is 29.7 Å². The minimum absolute atomic E-state index is 0.169. The number of fused-ring (bicyclic) bond motifs is 1. The van der Waals surface area contributed by atoms with Crippen molar-refractivity contribution in [3.63, 3.8) is 0 Å². The quantitative estimate of drug-likeness (QED) is 0.872. The predicted molar refractivity (Wildman–Crippen MR) is 75.3 cm³/mol. The Bertz CT molecular complexity index is 754. The number of aromatic nitrogens is 2. The van der Waals surface area contributed by atoms with Crippen molar-refractivity contribution >= 4 is 16.9 Å². The zero-order valence-electron chi connectivity index (χ0n) is 11.9. The molecule has 2 aromatic rings. The summed E-state index contributed by atoms with van der Waals surface area (Å²) < 4.78 is 10.2. The lowest BCUT2D eigenvalue weighted by Crippen LogP contribution is -2.06. The molecule has 1 aliphatic rings. The highest BCUT2D eigenvalue weighted by atomic mass is 16.5. The van der Waals surface area contributed by atoms with E-state index in [1.165, 1.54) is 7.11 Å². The fourth-order valence-corrected chi connectivity index (χ4v) is 2.53. The molecule has 108 valence electrons. The van der Waals surface area contributed by atoms with Crippen LogP contribution in [0.15, 0.2) is 6.20 Å². The topological polar surface area (TPSA) is 88.0 Å². The van der Waals surface area contributed by atoms with Crippen LogP contribution in [0.1, 0.15) is 47.3 Å². The van der Waals surface area contributed by atoms with Crippen molar-refractivity contribution in [2.24, 2.45) is 0 Å². The molecular weight excluding hydrogens is 270 g/mol. The van der Waals surface area contributed by atoms with Crippen LogP contribution in [0, 0.1) is 11.3 Å². The zero-order chi connectivity index (χ0) is 15.0. The highest BCUT2D eigenvalue weighted by molar-refractivity contribution is 6.03. The van der Waals surface area contributed by atoms with Crippen LogP contribution >= 0.6 is 0 Å². The third kappa shape index (κ3) is 2.11.